The minimum absolute atomic E-state index is 0.280. The second-order valence-electron chi connectivity index (χ2n) is 3.23. The van der Waals surface area contributed by atoms with Gasteiger partial charge in [-0.3, -0.25) is 9.89 Å². The number of methoxy groups -OCH3 is 1. The SMILES string of the molecule is COC(=O)C(C)Sc1n[nH]c(-c2cccs2)n1. The molecule has 0 bridgehead atoms. The number of hydrogen-bond donors (Lipinski definition) is 1. The van der Waals surface area contributed by atoms with Crippen molar-refractivity contribution >= 4 is 29.1 Å². The maximum Gasteiger partial charge on any atom is 0.318 e. The molecule has 0 aromatic carbocycles. The molecule has 0 saturated carbocycles. The Morgan fingerprint density at radius 1 is 1.65 bits per heavy atom. The molecule has 5 nitrogen and oxygen atoms in total. The third-order valence-electron chi connectivity index (χ3n) is 2.03. The summed E-state index contributed by atoms with van der Waals surface area (Å²) in [4.78, 5) is 16.6. The average molecular weight is 269 g/mol. The van der Waals surface area contributed by atoms with Crippen LogP contribution >= 0.6 is 23.1 Å². The van der Waals surface area contributed by atoms with E-state index in [1.807, 2.05) is 17.5 Å². The molecule has 0 aliphatic carbocycles. The number of esters is 1. The van der Waals surface area contributed by atoms with E-state index in [1.165, 1.54) is 18.9 Å². The third kappa shape index (κ3) is 2.86. The van der Waals surface area contributed by atoms with Crippen LogP contribution in [0, 0.1) is 0 Å². The molecule has 90 valence electrons. The van der Waals surface area contributed by atoms with E-state index in [9.17, 15) is 4.79 Å². The number of rotatable bonds is 4. The number of thioether (sulfide) groups is 1. The Hall–Kier alpha value is -1.34. The summed E-state index contributed by atoms with van der Waals surface area (Å²) in [6.45, 7) is 1.76. The van der Waals surface area contributed by atoms with Crippen molar-refractivity contribution in [1.29, 1.82) is 0 Å². The second kappa shape index (κ2) is 5.33. The molecule has 17 heavy (non-hydrogen) atoms. The van der Waals surface area contributed by atoms with Crippen molar-refractivity contribution < 1.29 is 9.53 Å². The zero-order chi connectivity index (χ0) is 12.3. The lowest BCUT2D eigenvalue weighted by atomic mass is 10.4. The highest BCUT2D eigenvalue weighted by Crippen LogP contribution is 2.25. The first-order chi connectivity index (χ1) is 8.20. The predicted molar refractivity (Wildman–Crippen MR) is 67.0 cm³/mol. The Kier molecular flexibility index (Phi) is 3.80. The number of nitrogens with zero attached hydrogens (tertiary/aromatic N) is 2. The quantitative estimate of drug-likeness (QED) is 0.680. The van der Waals surface area contributed by atoms with Gasteiger partial charge in [-0.1, -0.05) is 17.8 Å². The van der Waals surface area contributed by atoms with Crippen LogP contribution in [0.2, 0.25) is 0 Å². The molecular formula is C10H11N3O2S2. The van der Waals surface area contributed by atoms with Gasteiger partial charge in [0.15, 0.2) is 5.82 Å². The monoisotopic (exact) mass is 269 g/mol. The highest BCUT2D eigenvalue weighted by molar-refractivity contribution is 8.00. The standard InChI is InChI=1S/C10H11N3O2S2/c1-6(9(14)15-2)17-10-11-8(12-13-10)7-4-3-5-16-7/h3-6H,1-2H3,(H,11,12,13). The zero-order valence-electron chi connectivity index (χ0n) is 9.34. The van der Waals surface area contributed by atoms with Gasteiger partial charge in [-0.25, -0.2) is 4.98 Å². The van der Waals surface area contributed by atoms with Gasteiger partial charge in [0.25, 0.3) is 0 Å². The second-order valence-corrected chi connectivity index (χ2v) is 5.48. The summed E-state index contributed by atoms with van der Waals surface area (Å²) in [7, 11) is 1.37. The lowest BCUT2D eigenvalue weighted by Crippen LogP contribution is -2.14. The Morgan fingerprint density at radius 2 is 2.47 bits per heavy atom. The van der Waals surface area contributed by atoms with Gasteiger partial charge in [0.1, 0.15) is 5.25 Å². The smallest absolute Gasteiger partial charge is 0.318 e. The summed E-state index contributed by atoms with van der Waals surface area (Å²) < 4.78 is 4.64. The molecule has 0 aliphatic rings. The minimum atomic E-state index is -0.313. The molecule has 0 saturated heterocycles. The Morgan fingerprint density at radius 3 is 3.12 bits per heavy atom. The van der Waals surface area contributed by atoms with Crippen LogP contribution in [0.4, 0.5) is 0 Å². The first-order valence-corrected chi connectivity index (χ1v) is 6.67. The van der Waals surface area contributed by atoms with E-state index in [0.29, 0.717) is 5.16 Å². The number of nitrogens with one attached hydrogen (secondary N) is 1. The molecule has 0 spiro atoms. The van der Waals surface area contributed by atoms with Crippen LogP contribution in [0.15, 0.2) is 22.7 Å². The van der Waals surface area contributed by atoms with E-state index >= 15 is 0 Å². The molecule has 2 aromatic heterocycles. The first-order valence-electron chi connectivity index (χ1n) is 4.91. The van der Waals surface area contributed by atoms with Crippen LogP contribution < -0.4 is 0 Å². The lowest BCUT2D eigenvalue weighted by molar-refractivity contribution is -0.139. The van der Waals surface area contributed by atoms with Crippen molar-refractivity contribution in [1.82, 2.24) is 15.2 Å². The molecule has 0 amide bonds. The number of carbonyl (C=O) groups is 1. The molecule has 1 atom stereocenters. The third-order valence-corrected chi connectivity index (χ3v) is 3.85. The molecule has 2 rings (SSSR count). The van der Waals surface area contributed by atoms with Gasteiger partial charge < -0.3 is 4.74 Å². The fourth-order valence-corrected chi connectivity index (χ4v) is 2.61. The van der Waals surface area contributed by atoms with Crippen molar-refractivity contribution in [3.05, 3.63) is 17.5 Å². The van der Waals surface area contributed by atoms with Crippen LogP contribution in [0.1, 0.15) is 6.92 Å². The molecule has 0 fully saturated rings. The lowest BCUT2D eigenvalue weighted by Gasteiger charge is -2.04. The maximum absolute atomic E-state index is 11.2. The van der Waals surface area contributed by atoms with Crippen molar-refractivity contribution in [2.24, 2.45) is 0 Å². The van der Waals surface area contributed by atoms with E-state index in [1.54, 1.807) is 18.3 Å². The molecule has 1 unspecified atom stereocenters. The normalized spacial score (nSPS) is 12.4. The molecular weight excluding hydrogens is 258 g/mol. The number of H-pyrrole nitrogens is 1. The number of thiophene rings is 1. The van der Waals surface area contributed by atoms with E-state index in [0.717, 1.165) is 10.7 Å². The fraction of sp³-hybridized carbons (Fsp3) is 0.300. The molecule has 7 heteroatoms. The van der Waals surface area contributed by atoms with Crippen LogP contribution in [0.25, 0.3) is 10.7 Å². The Bertz CT molecular complexity index is 495. The van der Waals surface area contributed by atoms with E-state index in [2.05, 4.69) is 19.9 Å². The van der Waals surface area contributed by atoms with Crippen LogP contribution in [-0.4, -0.2) is 33.5 Å². The van der Waals surface area contributed by atoms with Crippen LogP contribution in [-0.2, 0) is 9.53 Å². The highest BCUT2D eigenvalue weighted by Gasteiger charge is 2.17. The van der Waals surface area contributed by atoms with Gasteiger partial charge in [-0.15, -0.1) is 16.4 Å². The zero-order valence-corrected chi connectivity index (χ0v) is 11.0. The summed E-state index contributed by atoms with van der Waals surface area (Å²) in [5.41, 5.74) is 0. The van der Waals surface area contributed by atoms with Gasteiger partial charge in [-0.2, -0.15) is 0 Å². The summed E-state index contributed by atoms with van der Waals surface area (Å²) in [6, 6.07) is 3.91. The maximum atomic E-state index is 11.2. The average Bonchev–Trinajstić information content (AvgIpc) is 2.97. The van der Waals surface area contributed by atoms with E-state index in [-0.39, 0.29) is 11.2 Å². The first kappa shape index (κ1) is 12.1. The Labute approximate surface area is 107 Å². The van der Waals surface area contributed by atoms with Crippen molar-refractivity contribution in [2.75, 3.05) is 7.11 Å². The van der Waals surface area contributed by atoms with Crippen molar-refractivity contribution in [3.8, 4) is 10.7 Å². The fourth-order valence-electron chi connectivity index (χ4n) is 1.19. The van der Waals surface area contributed by atoms with Crippen molar-refractivity contribution in [2.45, 2.75) is 17.3 Å². The summed E-state index contributed by atoms with van der Waals surface area (Å²) in [5, 5.41) is 9.11. The number of aromatic nitrogens is 3. The summed E-state index contributed by atoms with van der Waals surface area (Å²) in [6.07, 6.45) is 0. The largest absolute Gasteiger partial charge is 0.468 e. The highest BCUT2D eigenvalue weighted by atomic mass is 32.2. The summed E-state index contributed by atoms with van der Waals surface area (Å²) in [5.74, 6) is 0.442. The number of ether oxygens (including phenoxy) is 1. The van der Waals surface area contributed by atoms with Crippen LogP contribution in [0.5, 0.6) is 0 Å². The van der Waals surface area contributed by atoms with Crippen molar-refractivity contribution in [3.63, 3.8) is 0 Å². The molecule has 1 N–H and O–H groups in total. The van der Waals surface area contributed by atoms with Gasteiger partial charge >= 0.3 is 5.97 Å². The van der Waals surface area contributed by atoms with Gasteiger partial charge in [-0.05, 0) is 18.4 Å². The summed E-state index contributed by atoms with van der Waals surface area (Å²) >= 11 is 2.86. The van der Waals surface area contributed by atoms with E-state index in [4.69, 9.17) is 0 Å². The number of carbonyl (C=O) groups excluding carboxylic acids is 1. The Balaban J connectivity index is 2.06. The number of hydrogen-bond acceptors (Lipinski definition) is 6. The van der Waals surface area contributed by atoms with Gasteiger partial charge in [0.05, 0.1) is 12.0 Å². The molecule has 2 heterocycles. The van der Waals surface area contributed by atoms with Crippen LogP contribution in [0.3, 0.4) is 0 Å². The molecule has 2 aromatic rings. The predicted octanol–water partition coefficient (Wildman–Crippen LogP) is 2.19. The number of aromatic amines is 1. The topological polar surface area (TPSA) is 67.9 Å². The molecule has 0 aliphatic heterocycles. The molecule has 0 radical (unpaired) electrons. The van der Waals surface area contributed by atoms with Gasteiger partial charge in [0, 0.05) is 0 Å². The minimum Gasteiger partial charge on any atom is -0.468 e. The van der Waals surface area contributed by atoms with Gasteiger partial charge in [0.2, 0.25) is 5.16 Å². The van der Waals surface area contributed by atoms with E-state index < -0.39 is 0 Å².